The summed E-state index contributed by atoms with van der Waals surface area (Å²) in [6, 6.07) is 13.7. The molecule has 4 nitrogen and oxygen atoms in total. The van der Waals surface area contributed by atoms with Crippen molar-refractivity contribution >= 4 is 11.9 Å². The van der Waals surface area contributed by atoms with Crippen LogP contribution in [0.5, 0.6) is 5.95 Å². The highest BCUT2D eigenvalue weighted by atomic mass is 19.1. The molecule has 1 aromatic heterocycles. The fraction of sp³-hybridized carbons (Fsp3) is 0.200. The van der Waals surface area contributed by atoms with Gasteiger partial charge in [-0.25, -0.2) is 9.37 Å². The molecule has 0 aliphatic carbocycles. The molecule has 0 saturated carbocycles. The highest BCUT2D eigenvalue weighted by molar-refractivity contribution is 5.82. The van der Waals surface area contributed by atoms with Crippen molar-refractivity contribution in [1.29, 1.82) is 0 Å². The monoisotopic (exact) mass is 338 g/mol. The third kappa shape index (κ3) is 4.32. The van der Waals surface area contributed by atoms with Crippen LogP contribution >= 0.6 is 0 Å². The molecule has 2 aromatic carbocycles. The maximum atomic E-state index is 12.9. The Hall–Kier alpha value is -2.95. The molecule has 0 aliphatic heterocycles. The van der Waals surface area contributed by atoms with E-state index in [0.29, 0.717) is 11.6 Å². The number of oxazole rings is 1. The van der Waals surface area contributed by atoms with Gasteiger partial charge in [0.1, 0.15) is 5.82 Å². The number of rotatable bonds is 6. The summed E-state index contributed by atoms with van der Waals surface area (Å²) in [4.78, 5) is 8.42. The summed E-state index contributed by atoms with van der Waals surface area (Å²) in [5.41, 5.74) is 2.84. The van der Waals surface area contributed by atoms with E-state index in [1.54, 1.807) is 12.1 Å². The molecule has 0 spiro atoms. The molecule has 0 radical (unpaired) electrons. The fourth-order valence-corrected chi connectivity index (χ4v) is 2.39. The van der Waals surface area contributed by atoms with Crippen molar-refractivity contribution in [2.75, 3.05) is 0 Å². The van der Waals surface area contributed by atoms with Gasteiger partial charge in [0.2, 0.25) is 5.89 Å². The van der Waals surface area contributed by atoms with Crippen LogP contribution in [0.2, 0.25) is 0 Å². The molecule has 1 N–H and O–H groups in total. The van der Waals surface area contributed by atoms with Crippen LogP contribution in [-0.2, 0) is 6.42 Å². The first-order chi connectivity index (χ1) is 12.2. The van der Waals surface area contributed by atoms with Crippen LogP contribution in [-0.4, -0.2) is 16.3 Å². The minimum atomic E-state index is -0.326. The van der Waals surface area contributed by atoms with E-state index in [4.69, 9.17) is 4.42 Å². The summed E-state index contributed by atoms with van der Waals surface area (Å²) in [6.07, 6.45) is 4.75. The molecule has 0 bridgehead atoms. The molecule has 128 valence electrons. The van der Waals surface area contributed by atoms with Crippen LogP contribution in [0, 0.1) is 5.82 Å². The Balaban J connectivity index is 1.76. The lowest BCUT2D eigenvalue weighted by atomic mass is 10.1. The first-order valence-electron chi connectivity index (χ1n) is 8.24. The topological polar surface area (TPSA) is 58.6 Å². The van der Waals surface area contributed by atoms with Gasteiger partial charge in [-0.15, -0.1) is 0 Å². The molecule has 0 atom stereocenters. The van der Waals surface area contributed by atoms with Crippen molar-refractivity contribution in [3.63, 3.8) is 0 Å². The van der Waals surface area contributed by atoms with Gasteiger partial charge in [-0.3, -0.25) is 4.99 Å². The number of unbranched alkanes of at least 4 members (excludes halogenated alkanes) is 1. The maximum Gasteiger partial charge on any atom is 0.312 e. The van der Waals surface area contributed by atoms with Crippen LogP contribution in [0.3, 0.4) is 0 Å². The Labute approximate surface area is 145 Å². The molecule has 3 aromatic rings. The van der Waals surface area contributed by atoms with E-state index < -0.39 is 0 Å². The normalized spacial score (nSPS) is 11.3. The van der Waals surface area contributed by atoms with Gasteiger partial charge in [0, 0.05) is 5.56 Å². The van der Waals surface area contributed by atoms with Crippen molar-refractivity contribution in [1.82, 2.24) is 4.98 Å². The van der Waals surface area contributed by atoms with E-state index in [1.807, 2.05) is 24.3 Å². The van der Waals surface area contributed by atoms with E-state index in [2.05, 4.69) is 16.9 Å². The Kier molecular flexibility index (Phi) is 5.23. The third-order valence-electron chi connectivity index (χ3n) is 3.82. The molecular weight excluding hydrogens is 319 g/mol. The first kappa shape index (κ1) is 16.9. The summed E-state index contributed by atoms with van der Waals surface area (Å²) in [6.45, 7) is 2.17. The van der Waals surface area contributed by atoms with Gasteiger partial charge < -0.3 is 9.52 Å². The summed E-state index contributed by atoms with van der Waals surface area (Å²) in [5.74, 6) is -0.288. The van der Waals surface area contributed by atoms with Crippen LogP contribution in [0.4, 0.5) is 10.1 Å². The lowest BCUT2D eigenvalue weighted by molar-refractivity contribution is 0.337. The number of hydrogen-bond donors (Lipinski definition) is 1. The van der Waals surface area contributed by atoms with Gasteiger partial charge in [-0.2, -0.15) is 0 Å². The number of halogens is 1. The molecule has 25 heavy (non-hydrogen) atoms. The Morgan fingerprint density at radius 2 is 1.84 bits per heavy atom. The summed E-state index contributed by atoms with van der Waals surface area (Å²) < 4.78 is 18.2. The standard InChI is InChI=1S/C20H19FN2O2/c1-2-3-4-14-5-7-15(8-6-14)19-23-18(20(24)25-19)13-22-17-11-9-16(21)10-12-17/h5-13,24H,2-4H2,1H3. The summed E-state index contributed by atoms with van der Waals surface area (Å²) in [7, 11) is 0. The lowest BCUT2D eigenvalue weighted by Crippen LogP contribution is -1.86. The molecule has 1 heterocycles. The molecular formula is C20H19FN2O2. The largest absolute Gasteiger partial charge is 0.479 e. The molecule has 5 heteroatoms. The molecule has 0 fully saturated rings. The van der Waals surface area contributed by atoms with Crippen molar-refractivity contribution < 1.29 is 13.9 Å². The van der Waals surface area contributed by atoms with Crippen LogP contribution < -0.4 is 0 Å². The van der Waals surface area contributed by atoms with Crippen molar-refractivity contribution in [3.05, 3.63) is 65.6 Å². The van der Waals surface area contributed by atoms with Crippen LogP contribution in [0.1, 0.15) is 31.0 Å². The van der Waals surface area contributed by atoms with Crippen molar-refractivity contribution in [2.45, 2.75) is 26.2 Å². The van der Waals surface area contributed by atoms with E-state index in [-0.39, 0.29) is 17.5 Å². The lowest BCUT2D eigenvalue weighted by Gasteiger charge is -2.00. The fourth-order valence-electron chi connectivity index (χ4n) is 2.39. The second kappa shape index (κ2) is 7.75. The number of nitrogens with zero attached hydrogens (tertiary/aromatic N) is 2. The number of hydrogen-bond acceptors (Lipinski definition) is 4. The summed E-state index contributed by atoms with van der Waals surface area (Å²) in [5, 5.41) is 9.91. The zero-order valence-corrected chi connectivity index (χ0v) is 13.9. The minimum absolute atomic E-state index is 0.231. The Bertz CT molecular complexity index is 852. The zero-order chi connectivity index (χ0) is 17.6. The van der Waals surface area contributed by atoms with Gasteiger partial charge in [-0.1, -0.05) is 25.5 Å². The van der Waals surface area contributed by atoms with Gasteiger partial charge in [0.05, 0.1) is 11.9 Å². The Morgan fingerprint density at radius 3 is 2.52 bits per heavy atom. The SMILES string of the molecule is CCCCc1ccc(-c2nc(C=Nc3ccc(F)cc3)c(O)o2)cc1. The van der Waals surface area contributed by atoms with E-state index >= 15 is 0 Å². The van der Waals surface area contributed by atoms with Crippen molar-refractivity contribution in [3.8, 4) is 17.4 Å². The molecule has 0 unspecified atom stereocenters. The number of aliphatic imine (C=N–C) groups is 1. The van der Waals surface area contributed by atoms with E-state index in [1.165, 1.54) is 23.9 Å². The highest BCUT2D eigenvalue weighted by Crippen LogP contribution is 2.26. The molecule has 0 saturated heterocycles. The molecule has 0 aliphatic rings. The minimum Gasteiger partial charge on any atom is -0.479 e. The van der Waals surface area contributed by atoms with Gasteiger partial charge in [-0.05, 0) is 54.8 Å². The first-order valence-corrected chi connectivity index (χ1v) is 8.24. The second-order valence-corrected chi connectivity index (χ2v) is 5.74. The average molecular weight is 338 g/mol. The smallest absolute Gasteiger partial charge is 0.312 e. The highest BCUT2D eigenvalue weighted by Gasteiger charge is 2.12. The number of benzene rings is 2. The average Bonchev–Trinajstić information content (AvgIpc) is 3.01. The van der Waals surface area contributed by atoms with E-state index in [0.717, 1.165) is 24.8 Å². The predicted molar refractivity (Wildman–Crippen MR) is 95.9 cm³/mol. The van der Waals surface area contributed by atoms with Crippen LogP contribution in [0.25, 0.3) is 11.5 Å². The Morgan fingerprint density at radius 1 is 1.12 bits per heavy atom. The third-order valence-corrected chi connectivity index (χ3v) is 3.82. The second-order valence-electron chi connectivity index (χ2n) is 5.74. The molecule has 3 rings (SSSR count). The number of aryl methyl sites for hydroxylation is 1. The zero-order valence-electron chi connectivity index (χ0n) is 13.9. The van der Waals surface area contributed by atoms with Crippen LogP contribution in [0.15, 0.2) is 57.9 Å². The van der Waals surface area contributed by atoms with E-state index in [9.17, 15) is 9.50 Å². The van der Waals surface area contributed by atoms with Gasteiger partial charge in [0.25, 0.3) is 0 Å². The summed E-state index contributed by atoms with van der Waals surface area (Å²) >= 11 is 0. The molecule has 0 amide bonds. The number of aromatic nitrogens is 1. The quantitative estimate of drug-likeness (QED) is 0.622. The van der Waals surface area contributed by atoms with Gasteiger partial charge >= 0.3 is 5.95 Å². The van der Waals surface area contributed by atoms with Gasteiger partial charge in [0.15, 0.2) is 5.69 Å². The number of aromatic hydroxyl groups is 1. The predicted octanol–water partition coefficient (Wildman–Crippen LogP) is 5.28. The van der Waals surface area contributed by atoms with Crippen molar-refractivity contribution in [2.24, 2.45) is 4.99 Å². The maximum absolute atomic E-state index is 12.9.